The molecule has 1 aromatic rings. The monoisotopic (exact) mass is 333 g/mol. The minimum Gasteiger partial charge on any atom is -0.409 e. The van der Waals surface area contributed by atoms with Gasteiger partial charge in [0.25, 0.3) is 0 Å². The Morgan fingerprint density at radius 2 is 2.16 bits per heavy atom. The summed E-state index contributed by atoms with van der Waals surface area (Å²) in [7, 11) is 0. The summed E-state index contributed by atoms with van der Waals surface area (Å²) in [5.41, 5.74) is 6.09. The van der Waals surface area contributed by atoms with E-state index in [0.29, 0.717) is 12.2 Å². The van der Waals surface area contributed by atoms with Crippen LogP contribution in [0.5, 0.6) is 0 Å². The van der Waals surface area contributed by atoms with Gasteiger partial charge in [0, 0.05) is 18.2 Å². The van der Waals surface area contributed by atoms with Crippen molar-refractivity contribution in [2.45, 2.75) is 19.9 Å². The lowest BCUT2D eigenvalue weighted by molar-refractivity contribution is 0.298. The molecule has 5 nitrogen and oxygen atoms in total. The Labute approximate surface area is 119 Å². The Morgan fingerprint density at radius 1 is 1.53 bits per heavy atom. The van der Waals surface area contributed by atoms with Gasteiger partial charge in [0.2, 0.25) is 0 Å². The predicted octanol–water partition coefficient (Wildman–Crippen LogP) is 1.89. The highest BCUT2D eigenvalue weighted by Gasteiger charge is 2.19. The van der Waals surface area contributed by atoms with Gasteiger partial charge in [-0.05, 0) is 41.9 Å². The van der Waals surface area contributed by atoms with Crippen LogP contribution in [-0.2, 0) is 0 Å². The van der Waals surface area contributed by atoms with Gasteiger partial charge in [-0.2, -0.15) is 0 Å². The zero-order valence-electron chi connectivity index (χ0n) is 10.8. The first kappa shape index (κ1) is 15.7. The number of anilines is 1. The summed E-state index contributed by atoms with van der Waals surface area (Å²) in [4.78, 5) is 1.73. The number of hydrogen-bond donors (Lipinski definition) is 3. The van der Waals surface area contributed by atoms with Gasteiger partial charge in [0.05, 0.1) is 16.8 Å². The molecule has 0 unspecified atom stereocenters. The van der Waals surface area contributed by atoms with Crippen LogP contribution in [0.4, 0.5) is 10.1 Å². The van der Waals surface area contributed by atoms with Gasteiger partial charge in [-0.1, -0.05) is 5.16 Å². The third-order valence-electron chi connectivity index (χ3n) is 2.72. The van der Waals surface area contributed by atoms with Crippen molar-refractivity contribution >= 4 is 27.5 Å². The molecule has 0 atom stereocenters. The SMILES string of the molecule is CC(C)N(CCO)c1ccc(/C(N)=N/O)c(Br)c1F. The topological polar surface area (TPSA) is 82.1 Å². The standard InChI is InChI=1S/C12H17BrFN3O2/c1-7(2)17(5-6-18)9-4-3-8(12(15)16-19)10(13)11(9)14/h3-4,7,18-19H,5-6H2,1-2H3,(H2,15,16). The van der Waals surface area contributed by atoms with Gasteiger partial charge in [0.1, 0.15) is 0 Å². The van der Waals surface area contributed by atoms with E-state index in [1.807, 2.05) is 13.8 Å². The van der Waals surface area contributed by atoms with E-state index in [1.54, 1.807) is 17.0 Å². The molecule has 0 aliphatic carbocycles. The number of rotatable bonds is 5. The van der Waals surface area contributed by atoms with Crippen LogP contribution in [0.2, 0.25) is 0 Å². The van der Waals surface area contributed by atoms with E-state index in [2.05, 4.69) is 21.1 Å². The molecule has 0 aliphatic rings. The molecule has 1 aromatic carbocycles. The largest absolute Gasteiger partial charge is 0.409 e. The number of benzene rings is 1. The lowest BCUT2D eigenvalue weighted by Gasteiger charge is -2.29. The Hall–Kier alpha value is -1.34. The first-order chi connectivity index (χ1) is 8.93. The molecule has 106 valence electrons. The molecule has 0 saturated heterocycles. The first-order valence-corrected chi connectivity index (χ1v) is 6.56. The number of oxime groups is 1. The van der Waals surface area contributed by atoms with Crippen molar-refractivity contribution in [1.82, 2.24) is 0 Å². The third kappa shape index (κ3) is 3.36. The number of aliphatic hydroxyl groups excluding tert-OH is 1. The minimum absolute atomic E-state index is 0.0308. The second-order valence-corrected chi connectivity index (χ2v) is 5.05. The second kappa shape index (κ2) is 6.72. The van der Waals surface area contributed by atoms with Crippen molar-refractivity contribution in [3.8, 4) is 0 Å². The van der Waals surface area contributed by atoms with E-state index in [4.69, 9.17) is 16.0 Å². The normalized spacial score (nSPS) is 12.0. The van der Waals surface area contributed by atoms with Crippen LogP contribution in [0.1, 0.15) is 19.4 Å². The number of halogens is 2. The number of aliphatic hydroxyl groups is 1. The zero-order chi connectivity index (χ0) is 14.6. The molecule has 4 N–H and O–H groups in total. The summed E-state index contributed by atoms with van der Waals surface area (Å²) in [6.45, 7) is 4.06. The number of nitrogens with zero attached hydrogens (tertiary/aromatic N) is 2. The van der Waals surface area contributed by atoms with Gasteiger partial charge in [-0.3, -0.25) is 0 Å². The fraction of sp³-hybridized carbons (Fsp3) is 0.417. The molecular formula is C12H17BrFN3O2. The molecule has 7 heteroatoms. The average Bonchev–Trinajstić information content (AvgIpc) is 2.38. The van der Waals surface area contributed by atoms with Crippen molar-refractivity contribution in [3.05, 3.63) is 28.0 Å². The fourth-order valence-corrected chi connectivity index (χ4v) is 2.32. The van der Waals surface area contributed by atoms with Crippen LogP contribution in [0, 0.1) is 5.82 Å². The first-order valence-electron chi connectivity index (χ1n) is 5.77. The average molecular weight is 334 g/mol. The van der Waals surface area contributed by atoms with Crippen molar-refractivity contribution in [3.63, 3.8) is 0 Å². The molecule has 0 amide bonds. The Kier molecular flexibility index (Phi) is 5.56. The van der Waals surface area contributed by atoms with Gasteiger partial charge >= 0.3 is 0 Å². The maximum absolute atomic E-state index is 14.3. The van der Waals surface area contributed by atoms with E-state index >= 15 is 0 Å². The Morgan fingerprint density at radius 3 is 2.63 bits per heavy atom. The van der Waals surface area contributed by atoms with E-state index in [9.17, 15) is 4.39 Å². The molecule has 0 aromatic heterocycles. The highest BCUT2D eigenvalue weighted by Crippen LogP contribution is 2.30. The van der Waals surface area contributed by atoms with Gasteiger partial charge < -0.3 is 20.9 Å². The summed E-state index contributed by atoms with van der Waals surface area (Å²) >= 11 is 3.10. The molecular weight excluding hydrogens is 317 g/mol. The van der Waals surface area contributed by atoms with Gasteiger partial charge in [0.15, 0.2) is 11.7 Å². The van der Waals surface area contributed by atoms with Crippen molar-refractivity contribution in [1.29, 1.82) is 0 Å². The smallest absolute Gasteiger partial charge is 0.171 e. The Bertz CT molecular complexity index is 480. The maximum atomic E-state index is 14.3. The summed E-state index contributed by atoms with van der Waals surface area (Å²) in [5.74, 6) is -0.679. The van der Waals surface area contributed by atoms with Crippen molar-refractivity contribution in [2.75, 3.05) is 18.1 Å². The molecule has 0 bridgehead atoms. The lowest BCUT2D eigenvalue weighted by atomic mass is 10.1. The molecule has 0 fully saturated rings. The van der Waals surface area contributed by atoms with Crippen molar-refractivity contribution in [2.24, 2.45) is 10.9 Å². The van der Waals surface area contributed by atoms with E-state index in [1.165, 1.54) is 0 Å². The van der Waals surface area contributed by atoms with Crippen LogP contribution in [0.15, 0.2) is 21.8 Å². The van der Waals surface area contributed by atoms with Crippen LogP contribution in [0.3, 0.4) is 0 Å². The van der Waals surface area contributed by atoms with Crippen LogP contribution in [-0.4, -0.2) is 35.3 Å². The van der Waals surface area contributed by atoms with Crippen LogP contribution < -0.4 is 10.6 Å². The lowest BCUT2D eigenvalue weighted by Crippen LogP contribution is -2.34. The molecule has 0 saturated carbocycles. The summed E-state index contributed by atoms with van der Waals surface area (Å²) in [6.07, 6.45) is 0. The maximum Gasteiger partial charge on any atom is 0.171 e. The number of nitrogens with two attached hydrogens (primary N) is 1. The minimum atomic E-state index is -0.508. The fourth-order valence-electron chi connectivity index (χ4n) is 1.78. The molecule has 19 heavy (non-hydrogen) atoms. The van der Waals surface area contributed by atoms with Crippen LogP contribution in [0.25, 0.3) is 0 Å². The highest BCUT2D eigenvalue weighted by atomic mass is 79.9. The van der Waals surface area contributed by atoms with E-state index in [-0.39, 0.29) is 28.5 Å². The molecule has 0 spiro atoms. The number of hydrogen-bond acceptors (Lipinski definition) is 4. The molecule has 0 radical (unpaired) electrons. The summed E-state index contributed by atoms with van der Waals surface area (Å²) in [5, 5.41) is 20.5. The predicted molar refractivity (Wildman–Crippen MR) is 76.2 cm³/mol. The zero-order valence-corrected chi connectivity index (χ0v) is 12.4. The highest BCUT2D eigenvalue weighted by molar-refractivity contribution is 9.10. The van der Waals surface area contributed by atoms with E-state index < -0.39 is 5.82 Å². The second-order valence-electron chi connectivity index (χ2n) is 4.26. The summed E-state index contributed by atoms with van der Waals surface area (Å²) < 4.78 is 14.5. The third-order valence-corrected chi connectivity index (χ3v) is 3.49. The molecule has 0 heterocycles. The van der Waals surface area contributed by atoms with Gasteiger partial charge in [-0.15, -0.1) is 0 Å². The molecule has 1 rings (SSSR count). The van der Waals surface area contributed by atoms with E-state index in [0.717, 1.165) is 0 Å². The van der Waals surface area contributed by atoms with Crippen molar-refractivity contribution < 1.29 is 14.7 Å². The van der Waals surface area contributed by atoms with Gasteiger partial charge in [-0.25, -0.2) is 4.39 Å². The number of amidine groups is 1. The van der Waals surface area contributed by atoms with Crippen LogP contribution >= 0.6 is 15.9 Å². The summed E-state index contributed by atoms with van der Waals surface area (Å²) in [6, 6.07) is 3.14. The Balaban J connectivity index is 3.28. The quantitative estimate of drug-likeness (QED) is 0.332. The molecule has 0 aliphatic heterocycles.